The summed E-state index contributed by atoms with van der Waals surface area (Å²) in [5.74, 6) is 0. The van der Waals surface area contributed by atoms with Crippen molar-refractivity contribution in [2.75, 3.05) is 0 Å². The van der Waals surface area contributed by atoms with Gasteiger partial charge >= 0.3 is 0 Å². The van der Waals surface area contributed by atoms with E-state index < -0.39 is 0 Å². The zero-order valence-electron chi connectivity index (χ0n) is 29.5. The summed E-state index contributed by atoms with van der Waals surface area (Å²) in [6.07, 6.45) is 0. The molecule has 0 bridgehead atoms. The summed E-state index contributed by atoms with van der Waals surface area (Å²) in [5, 5.41) is 27.2. The van der Waals surface area contributed by atoms with Crippen molar-refractivity contribution >= 4 is 65.4 Å². The highest BCUT2D eigenvalue weighted by Gasteiger charge is 2.21. The zero-order valence-corrected chi connectivity index (χ0v) is 29.5. The lowest BCUT2D eigenvalue weighted by atomic mass is 10.0. The maximum absolute atomic E-state index is 10.6. The number of hydrogen-bond donors (Lipinski definition) is 0. The van der Waals surface area contributed by atoms with E-state index in [-0.39, 0.29) is 0 Å². The second-order valence-corrected chi connectivity index (χ2v) is 14.0. The molecule has 0 N–H and O–H groups in total. The molecule has 3 aromatic heterocycles. The van der Waals surface area contributed by atoms with Gasteiger partial charge < -0.3 is 13.7 Å². The molecule has 254 valence electrons. The molecule has 11 aromatic rings. The van der Waals surface area contributed by atoms with Crippen molar-refractivity contribution < 1.29 is 0 Å². The first-order valence-corrected chi connectivity index (χ1v) is 18.3. The number of benzene rings is 8. The molecule has 0 aliphatic heterocycles. The Bertz CT molecular complexity index is 3420. The number of para-hydroxylation sites is 5. The summed E-state index contributed by atoms with van der Waals surface area (Å²) in [6, 6.07) is 65.9. The summed E-state index contributed by atoms with van der Waals surface area (Å²) in [4.78, 5) is 0. The van der Waals surface area contributed by atoms with E-state index in [1.54, 1.807) is 0 Å². The van der Waals surface area contributed by atoms with Crippen LogP contribution >= 0.6 is 0 Å². The summed E-state index contributed by atoms with van der Waals surface area (Å²) >= 11 is 0. The normalized spacial score (nSPS) is 11.6. The molecule has 5 heteroatoms. The molecule has 0 spiro atoms. The molecule has 8 aromatic carbocycles. The van der Waals surface area contributed by atoms with Gasteiger partial charge in [0.1, 0.15) is 6.07 Å². The smallest absolute Gasteiger partial charge is 0.101 e. The van der Waals surface area contributed by atoms with Crippen molar-refractivity contribution in [3.05, 3.63) is 187 Å². The Morgan fingerprint density at radius 3 is 1.53 bits per heavy atom. The number of rotatable bonds is 4. The average Bonchev–Trinajstić information content (AvgIpc) is 3.89. The standard InChI is InChI=1S/C50H29N5/c51-30-32-23-25-48-42(27-32)40-16-4-8-21-47(40)55(48)49-22-10-17-41-39-15-3-5-18-44(39)53(50(41)49)36-12-9-11-33(29-36)34-24-26-43(35(28-34)31-52)54-45-19-6-1-13-37(45)38-14-2-7-20-46(38)54/h1-29H. The molecular weight excluding hydrogens is 671 g/mol. The Morgan fingerprint density at radius 1 is 0.345 bits per heavy atom. The minimum Gasteiger partial charge on any atom is -0.308 e. The fourth-order valence-corrected chi connectivity index (χ4v) is 8.76. The summed E-state index contributed by atoms with van der Waals surface area (Å²) in [5.41, 5.74) is 12.7. The summed E-state index contributed by atoms with van der Waals surface area (Å²) < 4.78 is 6.91. The fraction of sp³-hybridized carbons (Fsp3) is 0. The second-order valence-electron chi connectivity index (χ2n) is 14.0. The highest BCUT2D eigenvalue weighted by Crippen LogP contribution is 2.41. The Labute approximate surface area is 316 Å². The summed E-state index contributed by atoms with van der Waals surface area (Å²) in [7, 11) is 0. The number of nitrogens with zero attached hydrogens (tertiary/aromatic N) is 5. The van der Waals surface area contributed by atoms with Gasteiger partial charge in [-0.15, -0.1) is 0 Å². The Morgan fingerprint density at radius 2 is 0.873 bits per heavy atom. The van der Waals surface area contributed by atoms with E-state index in [0.29, 0.717) is 11.1 Å². The minimum atomic E-state index is 0.611. The SMILES string of the molecule is N#Cc1ccc2c(c1)c1ccccc1n2-c1cccc2c3ccccc3n(-c3cccc(-c4ccc(-n5c6ccccc6c6ccccc65)c(C#N)c4)c3)c12. The van der Waals surface area contributed by atoms with Gasteiger partial charge in [-0.3, -0.25) is 0 Å². The van der Waals surface area contributed by atoms with E-state index in [1.165, 1.54) is 5.39 Å². The third-order valence-corrected chi connectivity index (χ3v) is 11.1. The third kappa shape index (κ3) is 4.45. The lowest BCUT2D eigenvalue weighted by Crippen LogP contribution is -2.01. The molecule has 3 heterocycles. The van der Waals surface area contributed by atoms with Crippen LogP contribution in [0.25, 0.3) is 93.6 Å². The maximum Gasteiger partial charge on any atom is 0.101 e. The van der Waals surface area contributed by atoms with Crippen LogP contribution in [0.1, 0.15) is 11.1 Å². The van der Waals surface area contributed by atoms with E-state index in [0.717, 1.165) is 88.2 Å². The van der Waals surface area contributed by atoms with Crippen LogP contribution in [0.4, 0.5) is 0 Å². The van der Waals surface area contributed by atoms with Crippen LogP contribution in [0.15, 0.2) is 176 Å². The molecule has 0 fully saturated rings. The first kappa shape index (κ1) is 30.7. The topological polar surface area (TPSA) is 62.4 Å². The summed E-state index contributed by atoms with van der Waals surface area (Å²) in [6.45, 7) is 0. The van der Waals surface area contributed by atoms with Crippen LogP contribution in [0.3, 0.4) is 0 Å². The number of hydrogen-bond acceptors (Lipinski definition) is 2. The van der Waals surface area contributed by atoms with E-state index in [1.807, 2.05) is 18.2 Å². The van der Waals surface area contributed by atoms with Gasteiger partial charge in [0, 0.05) is 38.0 Å². The third-order valence-electron chi connectivity index (χ3n) is 11.1. The van der Waals surface area contributed by atoms with Crippen LogP contribution < -0.4 is 0 Å². The lowest BCUT2D eigenvalue weighted by molar-refractivity contribution is 1.13. The highest BCUT2D eigenvalue weighted by atomic mass is 15.1. The van der Waals surface area contributed by atoms with Gasteiger partial charge in [-0.2, -0.15) is 10.5 Å². The van der Waals surface area contributed by atoms with Gasteiger partial charge in [-0.25, -0.2) is 0 Å². The van der Waals surface area contributed by atoms with Crippen LogP contribution in [-0.2, 0) is 0 Å². The Kier molecular flexibility index (Phi) is 6.61. The molecule has 0 radical (unpaired) electrons. The molecule has 0 unspecified atom stereocenters. The lowest BCUT2D eigenvalue weighted by Gasteiger charge is -2.15. The van der Waals surface area contributed by atoms with Crippen molar-refractivity contribution in [3.8, 4) is 40.3 Å². The van der Waals surface area contributed by atoms with E-state index >= 15 is 0 Å². The fourth-order valence-electron chi connectivity index (χ4n) is 8.76. The monoisotopic (exact) mass is 699 g/mol. The van der Waals surface area contributed by atoms with E-state index in [4.69, 9.17) is 0 Å². The van der Waals surface area contributed by atoms with Gasteiger partial charge in [0.15, 0.2) is 0 Å². The van der Waals surface area contributed by atoms with Crippen molar-refractivity contribution in [3.63, 3.8) is 0 Å². The average molecular weight is 700 g/mol. The molecule has 0 aliphatic carbocycles. The van der Waals surface area contributed by atoms with Crippen LogP contribution in [0.5, 0.6) is 0 Å². The van der Waals surface area contributed by atoms with Gasteiger partial charge in [0.2, 0.25) is 0 Å². The molecule has 0 aliphatic rings. The van der Waals surface area contributed by atoms with Crippen LogP contribution in [0, 0.1) is 22.7 Å². The quantitative estimate of drug-likeness (QED) is 0.184. The van der Waals surface area contributed by atoms with Crippen LogP contribution in [-0.4, -0.2) is 13.7 Å². The maximum atomic E-state index is 10.6. The molecule has 0 amide bonds. The van der Waals surface area contributed by atoms with Gasteiger partial charge in [0.25, 0.3) is 0 Å². The number of fused-ring (bicyclic) bond motifs is 9. The molecule has 0 atom stereocenters. The molecule has 5 nitrogen and oxygen atoms in total. The van der Waals surface area contributed by atoms with E-state index in [9.17, 15) is 10.5 Å². The highest BCUT2D eigenvalue weighted by molar-refractivity contribution is 6.15. The second kappa shape index (κ2) is 11.8. The number of nitriles is 2. The zero-order chi connectivity index (χ0) is 36.6. The van der Waals surface area contributed by atoms with Crippen LogP contribution in [0.2, 0.25) is 0 Å². The number of aromatic nitrogens is 3. The van der Waals surface area contributed by atoms with Crippen molar-refractivity contribution in [1.82, 2.24) is 13.7 Å². The Hall–Kier alpha value is -7.86. The van der Waals surface area contributed by atoms with E-state index in [2.05, 4.69) is 184 Å². The minimum absolute atomic E-state index is 0.611. The first-order chi connectivity index (χ1) is 27.2. The molecule has 0 saturated heterocycles. The van der Waals surface area contributed by atoms with Crippen molar-refractivity contribution in [1.29, 1.82) is 10.5 Å². The van der Waals surface area contributed by atoms with Crippen molar-refractivity contribution in [2.45, 2.75) is 0 Å². The van der Waals surface area contributed by atoms with Gasteiger partial charge in [-0.1, -0.05) is 103 Å². The predicted molar refractivity (Wildman–Crippen MR) is 224 cm³/mol. The molecule has 11 rings (SSSR count). The van der Waals surface area contributed by atoms with Gasteiger partial charge in [-0.05, 0) is 83.9 Å². The Balaban J connectivity index is 1.13. The molecular formula is C50H29N5. The first-order valence-electron chi connectivity index (χ1n) is 18.3. The van der Waals surface area contributed by atoms with Gasteiger partial charge in [0.05, 0.1) is 61.7 Å². The molecule has 55 heavy (non-hydrogen) atoms. The predicted octanol–water partition coefficient (Wildman–Crippen LogP) is 12.4. The largest absolute Gasteiger partial charge is 0.308 e. The van der Waals surface area contributed by atoms with Crippen molar-refractivity contribution in [2.24, 2.45) is 0 Å². The molecule has 0 saturated carbocycles.